The Bertz CT molecular complexity index is 1230. The molecule has 2 aromatic carbocycles. The molecule has 1 atom stereocenters. The van der Waals surface area contributed by atoms with Crippen LogP contribution in [0.2, 0.25) is 36.3 Å². The minimum atomic E-state index is -1.98. The molecule has 0 heterocycles. The van der Waals surface area contributed by atoms with Gasteiger partial charge in [-0.2, -0.15) is 0 Å². The van der Waals surface area contributed by atoms with Gasteiger partial charge in [0.05, 0.1) is 0 Å². The van der Waals surface area contributed by atoms with E-state index < -0.39 is 40.3 Å². The van der Waals surface area contributed by atoms with Crippen LogP contribution in [0.5, 0.6) is 11.5 Å². The number of hydrogen-bond acceptors (Lipinski definition) is 6. The normalized spacial score (nSPS) is 13.9. The van der Waals surface area contributed by atoms with Crippen molar-refractivity contribution in [3.63, 3.8) is 0 Å². The summed E-state index contributed by atoms with van der Waals surface area (Å²) >= 11 is 0. The molecule has 0 unspecified atom stereocenters. The van der Waals surface area contributed by atoms with Crippen LogP contribution >= 0.6 is 0 Å². The number of carbonyl (C=O) groups is 2. The Labute approximate surface area is 256 Å². The first kappa shape index (κ1) is 35.4. The van der Waals surface area contributed by atoms with Gasteiger partial charge in [0.15, 0.2) is 0 Å². The first-order chi connectivity index (χ1) is 19.0. The molecule has 0 saturated heterocycles. The van der Waals surface area contributed by atoms with Crippen LogP contribution in [0.1, 0.15) is 73.4 Å². The van der Waals surface area contributed by atoms with E-state index in [1.54, 1.807) is 26.8 Å². The number of esters is 2. The summed E-state index contributed by atoms with van der Waals surface area (Å²) in [5.74, 6) is 0.398. The van der Waals surface area contributed by atoms with Gasteiger partial charge in [0.1, 0.15) is 17.1 Å². The minimum Gasteiger partial charge on any atom is -0.544 e. The van der Waals surface area contributed by atoms with Crippen LogP contribution in [0.4, 0.5) is 0 Å². The van der Waals surface area contributed by atoms with Gasteiger partial charge in [-0.1, -0.05) is 65.8 Å². The van der Waals surface area contributed by atoms with E-state index in [0.717, 1.165) is 22.6 Å². The summed E-state index contributed by atoms with van der Waals surface area (Å²) in [4.78, 5) is 25.8. The fraction of sp³-hybridized carbons (Fsp3) is 0.529. The van der Waals surface area contributed by atoms with Crippen LogP contribution in [-0.4, -0.2) is 40.3 Å². The van der Waals surface area contributed by atoms with Crippen molar-refractivity contribution in [2.75, 3.05) is 0 Å². The molecule has 0 bridgehead atoms. The quantitative estimate of drug-likeness (QED) is 0.152. The standard InChI is InChI=1S/C34H52O6Si2/c1-32(2,3)38-31(36)29(24-26-16-21-28(22-17-26)40-42(12,13)34(7,8)9)37-30(35)23-18-25-14-19-27(20-15-25)39-41(10,11)33(4,5)6/h14-23,29H,24H2,1-13H3/b23-18+/t29-/m1/s1. The molecule has 0 aliphatic heterocycles. The van der Waals surface area contributed by atoms with Crippen molar-refractivity contribution >= 4 is 34.6 Å². The third kappa shape index (κ3) is 10.8. The lowest BCUT2D eigenvalue weighted by molar-refractivity contribution is -0.173. The van der Waals surface area contributed by atoms with Crippen LogP contribution in [0, 0.1) is 0 Å². The van der Waals surface area contributed by atoms with E-state index in [2.05, 4.69) is 67.7 Å². The number of hydrogen-bond donors (Lipinski definition) is 0. The summed E-state index contributed by atoms with van der Waals surface area (Å²) in [7, 11) is -3.92. The van der Waals surface area contributed by atoms with Gasteiger partial charge in [-0.3, -0.25) is 0 Å². The van der Waals surface area contributed by atoms with Gasteiger partial charge >= 0.3 is 11.9 Å². The second kappa shape index (κ2) is 13.2. The van der Waals surface area contributed by atoms with Crippen molar-refractivity contribution in [2.24, 2.45) is 0 Å². The molecule has 0 saturated carbocycles. The Morgan fingerprint density at radius 1 is 0.714 bits per heavy atom. The molecule has 0 aliphatic carbocycles. The van der Waals surface area contributed by atoms with Crippen molar-refractivity contribution in [3.8, 4) is 11.5 Å². The molecule has 8 heteroatoms. The zero-order valence-electron chi connectivity index (χ0n) is 28.0. The Morgan fingerprint density at radius 2 is 1.14 bits per heavy atom. The number of rotatable bonds is 10. The van der Waals surface area contributed by atoms with E-state index in [0.29, 0.717) is 0 Å². The second-order valence-electron chi connectivity index (χ2n) is 14.9. The van der Waals surface area contributed by atoms with Crippen molar-refractivity contribution in [1.29, 1.82) is 0 Å². The Balaban J connectivity index is 2.13. The lowest BCUT2D eigenvalue weighted by atomic mass is 10.1. The number of benzene rings is 2. The third-order valence-electron chi connectivity index (χ3n) is 7.92. The summed E-state index contributed by atoms with van der Waals surface area (Å²) in [6.07, 6.45) is 2.09. The first-order valence-electron chi connectivity index (χ1n) is 14.7. The highest BCUT2D eigenvalue weighted by Gasteiger charge is 2.40. The van der Waals surface area contributed by atoms with Crippen molar-refractivity contribution in [1.82, 2.24) is 0 Å². The molecule has 0 aromatic heterocycles. The fourth-order valence-electron chi connectivity index (χ4n) is 3.33. The zero-order chi connectivity index (χ0) is 32.1. The summed E-state index contributed by atoms with van der Waals surface area (Å²) in [6, 6.07) is 15.2. The van der Waals surface area contributed by atoms with Crippen LogP contribution in [0.3, 0.4) is 0 Å². The predicted molar refractivity (Wildman–Crippen MR) is 177 cm³/mol. The zero-order valence-corrected chi connectivity index (χ0v) is 30.0. The molecule has 6 nitrogen and oxygen atoms in total. The molecule has 0 N–H and O–H groups in total. The molecule has 0 amide bonds. The summed E-state index contributed by atoms with van der Waals surface area (Å²) in [5.41, 5.74) is 0.940. The molecule has 0 fully saturated rings. The third-order valence-corrected chi connectivity index (χ3v) is 16.6. The molecule has 2 rings (SSSR count). The number of ether oxygens (including phenoxy) is 2. The van der Waals surface area contributed by atoms with Crippen LogP contribution < -0.4 is 8.85 Å². The first-order valence-corrected chi connectivity index (χ1v) is 20.5. The molecule has 42 heavy (non-hydrogen) atoms. The van der Waals surface area contributed by atoms with E-state index in [1.807, 2.05) is 48.5 Å². The van der Waals surface area contributed by atoms with Crippen LogP contribution in [0.15, 0.2) is 54.6 Å². The highest BCUT2D eigenvalue weighted by Crippen LogP contribution is 2.38. The van der Waals surface area contributed by atoms with Gasteiger partial charge in [-0.25, -0.2) is 9.59 Å². The summed E-state index contributed by atoms with van der Waals surface area (Å²) in [6.45, 7) is 27.4. The molecule has 232 valence electrons. The molecular formula is C34H52O6Si2. The van der Waals surface area contributed by atoms with Crippen molar-refractivity contribution in [2.45, 2.75) is 117 Å². The van der Waals surface area contributed by atoms with E-state index in [-0.39, 0.29) is 16.5 Å². The SMILES string of the molecule is CC(C)(C)OC(=O)[C@@H](Cc1ccc(O[Si](C)(C)C(C)(C)C)cc1)OC(=O)/C=C/c1ccc(O[Si](C)(C)C(C)(C)C)cc1. The van der Waals surface area contributed by atoms with E-state index in [4.69, 9.17) is 18.3 Å². The van der Waals surface area contributed by atoms with Crippen LogP contribution in [0.25, 0.3) is 6.08 Å². The minimum absolute atomic E-state index is 0.0791. The lowest BCUT2D eigenvalue weighted by Crippen LogP contribution is -2.43. The number of carbonyl (C=O) groups excluding carboxylic acids is 2. The average molecular weight is 613 g/mol. The van der Waals surface area contributed by atoms with Gasteiger partial charge < -0.3 is 18.3 Å². The maximum atomic E-state index is 13.0. The Morgan fingerprint density at radius 3 is 1.55 bits per heavy atom. The molecule has 0 aliphatic rings. The van der Waals surface area contributed by atoms with Gasteiger partial charge in [-0.05, 0) is 98.5 Å². The topological polar surface area (TPSA) is 71.1 Å². The van der Waals surface area contributed by atoms with E-state index in [1.165, 1.54) is 6.08 Å². The smallest absolute Gasteiger partial charge is 0.348 e. The van der Waals surface area contributed by atoms with Crippen LogP contribution in [-0.2, 0) is 25.5 Å². The largest absolute Gasteiger partial charge is 0.544 e. The second-order valence-corrected chi connectivity index (χ2v) is 24.4. The average Bonchev–Trinajstić information content (AvgIpc) is 2.81. The van der Waals surface area contributed by atoms with Gasteiger partial charge in [0, 0.05) is 12.5 Å². The molecule has 0 radical (unpaired) electrons. The molecule has 2 aromatic rings. The van der Waals surface area contributed by atoms with E-state index in [9.17, 15) is 9.59 Å². The highest BCUT2D eigenvalue weighted by atomic mass is 28.4. The van der Waals surface area contributed by atoms with Gasteiger partial charge in [-0.15, -0.1) is 0 Å². The highest BCUT2D eigenvalue weighted by molar-refractivity contribution is 6.75. The molecule has 0 spiro atoms. The predicted octanol–water partition coefficient (Wildman–Crippen LogP) is 8.96. The monoisotopic (exact) mass is 612 g/mol. The van der Waals surface area contributed by atoms with Gasteiger partial charge in [0.25, 0.3) is 0 Å². The summed E-state index contributed by atoms with van der Waals surface area (Å²) in [5, 5.41) is 0.177. The Kier molecular flexibility index (Phi) is 11.1. The van der Waals surface area contributed by atoms with Crippen molar-refractivity contribution < 1.29 is 27.9 Å². The van der Waals surface area contributed by atoms with E-state index >= 15 is 0 Å². The molecular weight excluding hydrogens is 561 g/mol. The summed E-state index contributed by atoms with van der Waals surface area (Å²) < 4.78 is 23.9. The lowest BCUT2D eigenvalue weighted by Gasteiger charge is -2.36. The maximum Gasteiger partial charge on any atom is 0.348 e. The fourth-order valence-corrected chi connectivity index (χ4v) is 5.40. The van der Waals surface area contributed by atoms with Crippen molar-refractivity contribution in [3.05, 3.63) is 65.7 Å². The maximum absolute atomic E-state index is 13.0. The van der Waals surface area contributed by atoms with Gasteiger partial charge in [0.2, 0.25) is 22.7 Å². The Hall–Kier alpha value is -2.85.